The number of hydrogen-bond acceptors (Lipinski definition) is 4. The third-order valence-corrected chi connectivity index (χ3v) is 4.62. The molecule has 0 aliphatic carbocycles. The SMILES string of the molecule is CCCNc1ncnc(N2CCCC(C(C)C)CC2)c1C. The van der Waals surface area contributed by atoms with E-state index in [0.717, 1.165) is 49.5 Å². The lowest BCUT2D eigenvalue weighted by Crippen LogP contribution is -2.27. The van der Waals surface area contributed by atoms with Gasteiger partial charge in [-0.1, -0.05) is 20.8 Å². The van der Waals surface area contributed by atoms with Gasteiger partial charge < -0.3 is 10.2 Å². The normalized spacial score (nSPS) is 19.7. The predicted octanol–water partition coefficient (Wildman–Crippen LogP) is 3.87. The second-order valence-corrected chi connectivity index (χ2v) is 6.52. The molecule has 1 aliphatic heterocycles. The van der Waals surface area contributed by atoms with Crippen LogP contribution in [0.1, 0.15) is 52.0 Å². The van der Waals surface area contributed by atoms with Crippen molar-refractivity contribution in [1.29, 1.82) is 0 Å². The molecular formula is C17H30N4. The van der Waals surface area contributed by atoms with Gasteiger partial charge in [0, 0.05) is 25.2 Å². The topological polar surface area (TPSA) is 41.1 Å². The Morgan fingerprint density at radius 2 is 2.10 bits per heavy atom. The molecule has 4 nitrogen and oxygen atoms in total. The summed E-state index contributed by atoms with van der Waals surface area (Å²) >= 11 is 0. The Morgan fingerprint density at radius 1 is 1.29 bits per heavy atom. The van der Waals surface area contributed by atoms with Gasteiger partial charge in [0.2, 0.25) is 0 Å². The zero-order valence-corrected chi connectivity index (χ0v) is 14.0. The van der Waals surface area contributed by atoms with Gasteiger partial charge in [-0.3, -0.25) is 0 Å². The van der Waals surface area contributed by atoms with Crippen LogP contribution < -0.4 is 10.2 Å². The number of nitrogens with zero attached hydrogens (tertiary/aromatic N) is 3. The van der Waals surface area contributed by atoms with Crippen LogP contribution in [0.3, 0.4) is 0 Å². The monoisotopic (exact) mass is 290 g/mol. The summed E-state index contributed by atoms with van der Waals surface area (Å²) in [5.41, 5.74) is 1.19. The van der Waals surface area contributed by atoms with Crippen molar-refractivity contribution in [3.63, 3.8) is 0 Å². The van der Waals surface area contributed by atoms with Gasteiger partial charge in [0.05, 0.1) is 0 Å². The third-order valence-electron chi connectivity index (χ3n) is 4.62. The van der Waals surface area contributed by atoms with Gasteiger partial charge in [0.25, 0.3) is 0 Å². The first-order valence-corrected chi connectivity index (χ1v) is 8.43. The molecule has 1 aliphatic rings. The van der Waals surface area contributed by atoms with E-state index in [9.17, 15) is 0 Å². The van der Waals surface area contributed by atoms with E-state index >= 15 is 0 Å². The van der Waals surface area contributed by atoms with E-state index < -0.39 is 0 Å². The molecule has 1 aromatic rings. The highest BCUT2D eigenvalue weighted by atomic mass is 15.2. The van der Waals surface area contributed by atoms with Crippen molar-refractivity contribution in [2.75, 3.05) is 29.9 Å². The third kappa shape index (κ3) is 4.08. The molecule has 0 aromatic carbocycles. The smallest absolute Gasteiger partial charge is 0.137 e. The molecule has 0 amide bonds. The average molecular weight is 290 g/mol. The van der Waals surface area contributed by atoms with E-state index in [-0.39, 0.29) is 0 Å². The van der Waals surface area contributed by atoms with Crippen molar-refractivity contribution in [3.05, 3.63) is 11.9 Å². The zero-order valence-electron chi connectivity index (χ0n) is 14.0. The highest BCUT2D eigenvalue weighted by Crippen LogP contribution is 2.29. The minimum Gasteiger partial charge on any atom is -0.370 e. The molecule has 2 heterocycles. The van der Waals surface area contributed by atoms with E-state index in [4.69, 9.17) is 0 Å². The van der Waals surface area contributed by atoms with Crippen LogP contribution in [0.2, 0.25) is 0 Å². The zero-order chi connectivity index (χ0) is 15.2. The first-order valence-electron chi connectivity index (χ1n) is 8.43. The predicted molar refractivity (Wildman–Crippen MR) is 89.9 cm³/mol. The number of anilines is 2. The Hall–Kier alpha value is -1.32. The fraction of sp³-hybridized carbons (Fsp3) is 0.765. The van der Waals surface area contributed by atoms with Crippen LogP contribution in [0, 0.1) is 18.8 Å². The number of nitrogens with one attached hydrogen (secondary N) is 1. The van der Waals surface area contributed by atoms with E-state index in [1.54, 1.807) is 6.33 Å². The fourth-order valence-electron chi connectivity index (χ4n) is 3.18. The summed E-state index contributed by atoms with van der Waals surface area (Å²) in [7, 11) is 0. The maximum atomic E-state index is 4.56. The highest BCUT2D eigenvalue weighted by Gasteiger charge is 2.21. The molecule has 4 heteroatoms. The van der Waals surface area contributed by atoms with E-state index in [1.165, 1.54) is 24.8 Å². The number of hydrogen-bond donors (Lipinski definition) is 1. The van der Waals surface area contributed by atoms with Crippen molar-refractivity contribution < 1.29 is 0 Å². The Balaban J connectivity index is 2.10. The molecule has 1 aromatic heterocycles. The molecule has 0 saturated carbocycles. The fourth-order valence-corrected chi connectivity index (χ4v) is 3.18. The molecule has 1 fully saturated rings. The van der Waals surface area contributed by atoms with Crippen LogP contribution in [0.15, 0.2) is 6.33 Å². The van der Waals surface area contributed by atoms with Gasteiger partial charge in [-0.2, -0.15) is 0 Å². The molecule has 21 heavy (non-hydrogen) atoms. The van der Waals surface area contributed by atoms with Gasteiger partial charge in [0.1, 0.15) is 18.0 Å². The lowest BCUT2D eigenvalue weighted by Gasteiger charge is -2.24. The van der Waals surface area contributed by atoms with Gasteiger partial charge >= 0.3 is 0 Å². The Labute approximate surface area is 129 Å². The van der Waals surface area contributed by atoms with E-state index in [2.05, 4.69) is 47.9 Å². The summed E-state index contributed by atoms with van der Waals surface area (Å²) in [5.74, 6) is 3.76. The van der Waals surface area contributed by atoms with Crippen molar-refractivity contribution in [1.82, 2.24) is 9.97 Å². The van der Waals surface area contributed by atoms with Crippen LogP contribution in [-0.2, 0) is 0 Å². The molecular weight excluding hydrogens is 260 g/mol. The molecule has 1 unspecified atom stereocenters. The molecule has 1 N–H and O–H groups in total. The maximum absolute atomic E-state index is 4.56. The minimum absolute atomic E-state index is 0.790. The molecule has 0 radical (unpaired) electrons. The molecule has 1 atom stereocenters. The summed E-state index contributed by atoms with van der Waals surface area (Å²) in [6.45, 7) is 12.2. The maximum Gasteiger partial charge on any atom is 0.137 e. The van der Waals surface area contributed by atoms with Crippen LogP contribution in [-0.4, -0.2) is 29.6 Å². The average Bonchev–Trinajstić information content (AvgIpc) is 2.72. The van der Waals surface area contributed by atoms with Gasteiger partial charge in [0.15, 0.2) is 0 Å². The second-order valence-electron chi connectivity index (χ2n) is 6.52. The number of rotatable bonds is 5. The molecule has 0 bridgehead atoms. The van der Waals surface area contributed by atoms with Crippen LogP contribution in [0.5, 0.6) is 0 Å². The number of aromatic nitrogens is 2. The van der Waals surface area contributed by atoms with Gasteiger partial charge in [-0.05, 0) is 44.4 Å². The van der Waals surface area contributed by atoms with E-state index in [0.29, 0.717) is 0 Å². The summed E-state index contributed by atoms with van der Waals surface area (Å²) in [6.07, 6.45) is 6.70. The molecule has 0 spiro atoms. The van der Waals surface area contributed by atoms with E-state index in [1.807, 2.05) is 0 Å². The lowest BCUT2D eigenvalue weighted by atomic mass is 9.89. The first-order chi connectivity index (χ1) is 10.1. The van der Waals surface area contributed by atoms with Crippen molar-refractivity contribution >= 4 is 11.6 Å². The Morgan fingerprint density at radius 3 is 2.81 bits per heavy atom. The molecule has 118 valence electrons. The van der Waals surface area contributed by atoms with Gasteiger partial charge in [-0.25, -0.2) is 9.97 Å². The minimum atomic E-state index is 0.790. The Bertz CT molecular complexity index is 444. The standard InChI is InChI=1S/C17H30N4/c1-5-9-18-16-14(4)17(20-12-19-16)21-10-6-7-15(8-11-21)13(2)3/h12-13,15H,5-11H2,1-4H3,(H,18,19,20). The summed E-state index contributed by atoms with van der Waals surface area (Å²) in [6, 6.07) is 0. The van der Waals surface area contributed by atoms with Crippen molar-refractivity contribution in [2.45, 2.75) is 53.4 Å². The summed E-state index contributed by atoms with van der Waals surface area (Å²) in [4.78, 5) is 11.4. The molecule has 2 rings (SSSR count). The quantitative estimate of drug-likeness (QED) is 0.893. The summed E-state index contributed by atoms with van der Waals surface area (Å²) < 4.78 is 0. The largest absolute Gasteiger partial charge is 0.370 e. The first kappa shape index (κ1) is 16.1. The van der Waals surface area contributed by atoms with Gasteiger partial charge in [-0.15, -0.1) is 0 Å². The lowest BCUT2D eigenvalue weighted by molar-refractivity contribution is 0.351. The summed E-state index contributed by atoms with van der Waals surface area (Å²) in [5, 5.41) is 3.41. The highest BCUT2D eigenvalue weighted by molar-refractivity contribution is 5.57. The van der Waals surface area contributed by atoms with Crippen LogP contribution in [0.4, 0.5) is 11.6 Å². The van der Waals surface area contributed by atoms with Crippen LogP contribution >= 0.6 is 0 Å². The van der Waals surface area contributed by atoms with Crippen molar-refractivity contribution in [3.8, 4) is 0 Å². The molecule has 1 saturated heterocycles. The second kappa shape index (κ2) is 7.62. The Kier molecular flexibility index (Phi) is 5.83. The van der Waals surface area contributed by atoms with Crippen molar-refractivity contribution in [2.24, 2.45) is 11.8 Å². The van der Waals surface area contributed by atoms with Crippen LogP contribution in [0.25, 0.3) is 0 Å².